The molecule has 2 N–H and O–H groups in total. The second kappa shape index (κ2) is 8.14. The monoisotopic (exact) mass is 414 g/mol. The Morgan fingerprint density at radius 1 is 1.28 bits per heavy atom. The van der Waals surface area contributed by atoms with Crippen LogP contribution in [0.15, 0.2) is 42.7 Å². The van der Waals surface area contributed by atoms with Crippen LogP contribution in [0.4, 0.5) is 0 Å². The fourth-order valence-electron chi connectivity index (χ4n) is 3.76. The summed E-state index contributed by atoms with van der Waals surface area (Å²) in [4.78, 5) is 10.00. The van der Waals surface area contributed by atoms with E-state index in [0.717, 1.165) is 59.2 Å². The van der Waals surface area contributed by atoms with Crippen molar-refractivity contribution in [3.63, 3.8) is 0 Å². The first-order chi connectivity index (χ1) is 13.9. The zero-order valence-electron chi connectivity index (χ0n) is 16.7. The van der Waals surface area contributed by atoms with E-state index in [2.05, 4.69) is 26.6 Å². The van der Waals surface area contributed by atoms with Crippen molar-refractivity contribution in [1.82, 2.24) is 19.6 Å². The second-order valence-corrected chi connectivity index (χ2v) is 9.59. The molecular weight excluding hydrogens is 388 g/mol. The number of benzene rings is 1. The van der Waals surface area contributed by atoms with Crippen molar-refractivity contribution in [3.05, 3.63) is 48.3 Å². The highest BCUT2D eigenvalue weighted by Crippen LogP contribution is 2.35. The maximum Gasteiger partial charge on any atom is 0.209 e. The molecule has 3 heterocycles. The molecule has 3 aromatic rings. The minimum atomic E-state index is -3.21. The van der Waals surface area contributed by atoms with E-state index in [1.165, 1.54) is 0 Å². The maximum atomic E-state index is 11.3. The van der Waals surface area contributed by atoms with E-state index in [1.807, 2.05) is 36.5 Å². The summed E-state index contributed by atoms with van der Waals surface area (Å²) in [6.07, 6.45) is 6.02. The summed E-state index contributed by atoms with van der Waals surface area (Å²) in [6, 6.07) is 9.76. The zero-order valence-corrected chi connectivity index (χ0v) is 17.5. The predicted molar refractivity (Wildman–Crippen MR) is 114 cm³/mol. The summed E-state index contributed by atoms with van der Waals surface area (Å²) in [5, 5.41) is 0.973. The zero-order chi connectivity index (χ0) is 20.4. The number of nitrogens with zero attached hydrogens (tertiary/aromatic N) is 2. The molecule has 7 nitrogen and oxygen atoms in total. The third kappa shape index (κ3) is 4.77. The molecule has 1 fully saturated rings. The van der Waals surface area contributed by atoms with Crippen LogP contribution >= 0.6 is 0 Å². The largest absolute Gasteiger partial charge is 0.492 e. The van der Waals surface area contributed by atoms with Gasteiger partial charge in [0, 0.05) is 37.0 Å². The SMILES string of the molecule is CN1CCC(COc2ccnc3[nH]cc(-c4ccc(CNS(C)(=O)=O)cc4)c23)C1. The van der Waals surface area contributed by atoms with Crippen LogP contribution in [0, 0.1) is 5.92 Å². The molecule has 2 aromatic heterocycles. The number of sulfonamides is 1. The highest BCUT2D eigenvalue weighted by atomic mass is 32.2. The van der Waals surface area contributed by atoms with Gasteiger partial charge in [0.05, 0.1) is 18.2 Å². The van der Waals surface area contributed by atoms with E-state index in [9.17, 15) is 8.42 Å². The quantitative estimate of drug-likeness (QED) is 0.621. The fourth-order valence-corrected chi connectivity index (χ4v) is 4.19. The van der Waals surface area contributed by atoms with Crippen molar-refractivity contribution in [2.24, 2.45) is 5.92 Å². The van der Waals surface area contributed by atoms with Crippen molar-refractivity contribution >= 4 is 21.1 Å². The lowest BCUT2D eigenvalue weighted by Gasteiger charge is -2.13. The van der Waals surface area contributed by atoms with Gasteiger partial charge in [0.15, 0.2) is 0 Å². The van der Waals surface area contributed by atoms with E-state index in [0.29, 0.717) is 12.5 Å². The molecule has 1 aliphatic rings. The molecule has 1 aromatic carbocycles. The van der Waals surface area contributed by atoms with Crippen LogP contribution in [0.25, 0.3) is 22.2 Å². The molecule has 1 saturated heterocycles. The Balaban J connectivity index is 1.56. The fraction of sp³-hybridized carbons (Fsp3) is 0.381. The van der Waals surface area contributed by atoms with Gasteiger partial charge in [-0.05, 0) is 37.2 Å². The summed E-state index contributed by atoms with van der Waals surface area (Å²) in [6.45, 7) is 3.16. The summed E-state index contributed by atoms with van der Waals surface area (Å²) < 4.78 is 31.3. The van der Waals surface area contributed by atoms with Gasteiger partial charge in [-0.3, -0.25) is 0 Å². The summed E-state index contributed by atoms with van der Waals surface area (Å²) in [5.74, 6) is 1.39. The van der Waals surface area contributed by atoms with Crippen molar-refractivity contribution < 1.29 is 13.2 Å². The number of pyridine rings is 1. The van der Waals surface area contributed by atoms with Gasteiger partial charge < -0.3 is 14.6 Å². The van der Waals surface area contributed by atoms with Crippen LogP contribution in [0.3, 0.4) is 0 Å². The van der Waals surface area contributed by atoms with E-state index in [1.54, 1.807) is 6.20 Å². The highest BCUT2D eigenvalue weighted by molar-refractivity contribution is 7.88. The molecule has 1 atom stereocenters. The normalized spacial score (nSPS) is 17.8. The van der Waals surface area contributed by atoms with Crippen molar-refractivity contribution in [2.45, 2.75) is 13.0 Å². The lowest BCUT2D eigenvalue weighted by atomic mass is 10.0. The van der Waals surface area contributed by atoms with E-state index in [4.69, 9.17) is 4.74 Å². The van der Waals surface area contributed by atoms with Crippen LogP contribution < -0.4 is 9.46 Å². The summed E-state index contributed by atoms with van der Waals surface area (Å²) in [7, 11) is -1.07. The second-order valence-electron chi connectivity index (χ2n) is 7.75. The molecule has 8 heteroatoms. The van der Waals surface area contributed by atoms with Gasteiger partial charge in [-0.15, -0.1) is 0 Å². The number of ether oxygens (including phenoxy) is 1. The smallest absolute Gasteiger partial charge is 0.209 e. The van der Waals surface area contributed by atoms with Gasteiger partial charge >= 0.3 is 0 Å². The number of hydrogen-bond acceptors (Lipinski definition) is 5. The predicted octanol–water partition coefficient (Wildman–Crippen LogP) is 2.61. The average Bonchev–Trinajstić information content (AvgIpc) is 3.31. The molecule has 154 valence electrons. The Kier molecular flexibility index (Phi) is 5.58. The molecule has 0 amide bonds. The van der Waals surface area contributed by atoms with Gasteiger partial charge in [0.2, 0.25) is 10.0 Å². The lowest BCUT2D eigenvalue weighted by molar-refractivity contribution is 0.251. The van der Waals surface area contributed by atoms with Crippen molar-refractivity contribution in [3.8, 4) is 16.9 Å². The molecule has 0 spiro atoms. The van der Waals surface area contributed by atoms with Crippen LogP contribution in [0.5, 0.6) is 5.75 Å². The number of fused-ring (bicyclic) bond motifs is 1. The number of aromatic amines is 1. The van der Waals surface area contributed by atoms with Crippen molar-refractivity contribution in [2.75, 3.05) is 33.0 Å². The highest BCUT2D eigenvalue weighted by Gasteiger charge is 2.21. The van der Waals surface area contributed by atoms with Crippen LogP contribution in [0.1, 0.15) is 12.0 Å². The molecule has 4 rings (SSSR count). The molecule has 1 unspecified atom stereocenters. The molecule has 0 aliphatic carbocycles. The Morgan fingerprint density at radius 3 is 2.76 bits per heavy atom. The first-order valence-corrected chi connectivity index (χ1v) is 11.6. The molecule has 1 aliphatic heterocycles. The summed E-state index contributed by atoms with van der Waals surface area (Å²) >= 11 is 0. The molecular formula is C21H26N4O3S. The standard InChI is InChI=1S/C21H26N4O3S/c1-25-10-8-16(13-25)14-28-19-7-9-22-21-20(19)18(12-23-21)17-5-3-15(4-6-17)11-24-29(2,26)27/h3-7,9,12,16,24H,8,10-11,13-14H2,1-2H3,(H,22,23). The van der Waals surface area contributed by atoms with Crippen LogP contribution in [-0.4, -0.2) is 56.3 Å². The number of rotatable bonds is 7. The van der Waals surface area contributed by atoms with Crippen LogP contribution in [-0.2, 0) is 16.6 Å². The number of nitrogens with one attached hydrogen (secondary N) is 2. The summed E-state index contributed by atoms with van der Waals surface area (Å²) in [5.41, 5.74) is 3.75. The third-order valence-electron chi connectivity index (χ3n) is 5.30. The van der Waals surface area contributed by atoms with E-state index in [-0.39, 0.29) is 6.54 Å². The van der Waals surface area contributed by atoms with Crippen LogP contribution in [0.2, 0.25) is 0 Å². The topological polar surface area (TPSA) is 87.3 Å². The lowest BCUT2D eigenvalue weighted by Crippen LogP contribution is -2.21. The van der Waals surface area contributed by atoms with Gasteiger partial charge in [0.25, 0.3) is 0 Å². The Labute approximate surface area is 171 Å². The number of H-pyrrole nitrogens is 1. The Morgan fingerprint density at radius 2 is 2.07 bits per heavy atom. The molecule has 0 bridgehead atoms. The van der Waals surface area contributed by atoms with Gasteiger partial charge in [-0.1, -0.05) is 24.3 Å². The molecule has 29 heavy (non-hydrogen) atoms. The first kappa shape index (κ1) is 19.9. The maximum absolute atomic E-state index is 11.3. The molecule has 0 saturated carbocycles. The van der Waals surface area contributed by atoms with Gasteiger partial charge in [-0.2, -0.15) is 0 Å². The molecule has 0 radical (unpaired) electrons. The Bertz CT molecular complexity index is 1090. The van der Waals surface area contributed by atoms with Crippen molar-refractivity contribution in [1.29, 1.82) is 0 Å². The average molecular weight is 415 g/mol. The minimum absolute atomic E-state index is 0.277. The number of aromatic nitrogens is 2. The van der Waals surface area contributed by atoms with E-state index < -0.39 is 10.0 Å². The minimum Gasteiger partial charge on any atom is -0.492 e. The van der Waals surface area contributed by atoms with Gasteiger partial charge in [0.1, 0.15) is 11.4 Å². The van der Waals surface area contributed by atoms with E-state index >= 15 is 0 Å². The van der Waals surface area contributed by atoms with Gasteiger partial charge in [-0.25, -0.2) is 18.1 Å². The Hall–Kier alpha value is -2.42. The third-order valence-corrected chi connectivity index (χ3v) is 5.97. The number of likely N-dealkylation sites (tertiary alicyclic amines) is 1. The number of hydrogen-bond donors (Lipinski definition) is 2. The first-order valence-electron chi connectivity index (χ1n) is 9.70.